The van der Waals surface area contributed by atoms with Crippen molar-refractivity contribution in [1.29, 1.82) is 0 Å². The van der Waals surface area contributed by atoms with Gasteiger partial charge < -0.3 is 38.7 Å². The number of ether oxygens (including phenoxy) is 4. The molecule has 3 fully saturated rings. The molecule has 0 radical (unpaired) electrons. The number of carbonyl (C=O) groups is 2. The van der Waals surface area contributed by atoms with Crippen molar-refractivity contribution >= 4 is 29.0 Å². The molecule has 8 aliphatic rings. The van der Waals surface area contributed by atoms with Crippen molar-refractivity contribution in [2.45, 2.75) is 157 Å². The number of methoxy groups -OCH3 is 1. The molecule has 3 saturated carbocycles. The fraction of sp³-hybridized carbons (Fsp3) is 0.479. The van der Waals surface area contributed by atoms with Crippen LogP contribution < -0.4 is 10.4 Å². The molecule has 5 bridgehead atoms. The van der Waals surface area contributed by atoms with E-state index in [1.165, 1.54) is 47.8 Å². The van der Waals surface area contributed by atoms with Gasteiger partial charge in [0.2, 0.25) is 0 Å². The van der Waals surface area contributed by atoms with Gasteiger partial charge in [-0.05, 0) is 163 Å². The Labute approximate surface area is 480 Å². The average Bonchev–Trinajstić information content (AvgIpc) is 2.10. The maximum atomic E-state index is 15.9. The number of hydrogen-bond donors (Lipinski definition) is 3. The normalized spacial score (nSPS) is 30.9. The minimum atomic E-state index is -1.40. The van der Waals surface area contributed by atoms with E-state index in [0.717, 1.165) is 68.9 Å². The van der Waals surface area contributed by atoms with Crippen molar-refractivity contribution in [3.05, 3.63) is 174 Å². The van der Waals surface area contributed by atoms with E-state index in [2.05, 4.69) is 103 Å². The van der Waals surface area contributed by atoms with Gasteiger partial charge in [0.15, 0.2) is 17.8 Å². The first-order valence-electron chi connectivity index (χ1n) is 30.5. The first kappa shape index (κ1) is 54.7. The summed E-state index contributed by atoms with van der Waals surface area (Å²) >= 11 is 0. The summed E-state index contributed by atoms with van der Waals surface area (Å²) in [6.07, 6.45) is 18.6. The van der Waals surface area contributed by atoms with Gasteiger partial charge in [-0.3, -0.25) is 4.79 Å². The Morgan fingerprint density at radius 1 is 0.866 bits per heavy atom. The number of fused-ring (bicyclic) bond motifs is 12. The SMILES string of the molecule is COCC(CCO)c1c(CO)c2ccc3c(c2oc1=O)C1OC(=O)CC2CC(c4cccc(C56CCCCC5C=Cc5ccccc56)c4)CCC2c2ccc4cc2CC#CC2C=CC5CCCCC5C2(O3)C1OC(=O)C(=C(C)CO)CC4. The lowest BCUT2D eigenvalue weighted by molar-refractivity contribution is -0.214. The predicted molar refractivity (Wildman–Crippen MR) is 313 cm³/mol. The average molecular weight is 1110 g/mol. The van der Waals surface area contributed by atoms with E-state index in [1.54, 1.807) is 19.1 Å². The van der Waals surface area contributed by atoms with Crippen molar-refractivity contribution in [2.24, 2.45) is 29.6 Å². The number of benzene rings is 4. The Balaban J connectivity index is 0.994. The van der Waals surface area contributed by atoms with Gasteiger partial charge in [-0.15, -0.1) is 0 Å². The molecule has 0 amide bonds. The lowest BCUT2D eigenvalue weighted by atomic mass is 9.56. The van der Waals surface area contributed by atoms with E-state index in [0.29, 0.717) is 46.6 Å². The molecule has 82 heavy (non-hydrogen) atoms. The summed E-state index contributed by atoms with van der Waals surface area (Å²) in [5.74, 6) is 5.52. The van der Waals surface area contributed by atoms with Crippen LogP contribution in [0.15, 0.2) is 117 Å². The number of esters is 2. The van der Waals surface area contributed by atoms with Crippen LogP contribution >= 0.6 is 0 Å². The van der Waals surface area contributed by atoms with Gasteiger partial charge in [0.1, 0.15) is 11.3 Å². The largest absolute Gasteiger partial charge is 0.481 e. The highest BCUT2D eigenvalue weighted by molar-refractivity contribution is 5.91. The Morgan fingerprint density at radius 3 is 2.59 bits per heavy atom. The topological polar surface area (TPSA) is 162 Å². The van der Waals surface area contributed by atoms with Gasteiger partial charge in [-0.1, -0.05) is 129 Å². The van der Waals surface area contributed by atoms with E-state index < -0.39 is 53.8 Å². The summed E-state index contributed by atoms with van der Waals surface area (Å²) in [6, 6.07) is 28.5. The number of aliphatic hydroxyl groups is 3. The Bertz CT molecular complexity index is 3530. The minimum absolute atomic E-state index is 0.00642. The summed E-state index contributed by atoms with van der Waals surface area (Å²) in [4.78, 5) is 46.0. The molecule has 4 aromatic carbocycles. The third-order valence-electron chi connectivity index (χ3n) is 20.9. The van der Waals surface area contributed by atoms with Crippen LogP contribution in [0.1, 0.15) is 176 Å². The zero-order chi connectivity index (χ0) is 56.3. The van der Waals surface area contributed by atoms with Crippen LogP contribution in [0.5, 0.6) is 5.75 Å². The van der Waals surface area contributed by atoms with E-state index >= 15 is 9.59 Å². The molecule has 0 saturated heterocycles. The van der Waals surface area contributed by atoms with Gasteiger partial charge in [0.25, 0.3) is 0 Å². The second-order valence-electron chi connectivity index (χ2n) is 25.0. The highest BCUT2D eigenvalue weighted by atomic mass is 16.6. The zero-order valence-electron chi connectivity index (χ0n) is 47.3. The summed E-state index contributed by atoms with van der Waals surface area (Å²) < 4.78 is 33.9. The lowest BCUT2D eigenvalue weighted by Gasteiger charge is -2.56. The molecule has 12 atom stereocenters. The summed E-state index contributed by atoms with van der Waals surface area (Å²) in [6.45, 7) is 0.694. The maximum Gasteiger partial charge on any atom is 0.340 e. The smallest absolute Gasteiger partial charge is 0.340 e. The molecule has 3 N–H and O–H groups in total. The molecule has 12 unspecified atom stereocenters. The monoisotopic (exact) mass is 1100 g/mol. The standard InChI is InChI=1S/C71H76O11/c1-42(39-73)54-27-20-43-21-28-55-48(35-43)14-10-16-52-26-23-45-12-4-6-19-60(45)71(52)67(81-68(54)76)66(64-61(82-71)31-30-57-58(40-74)63(69(77)80-65(57)64)49(32-34-72)41-78-2)79-62(75)38-50-36-47(24-29-56(50)55)46-13-9-17-53(37-46)70-33-8-7-15-51(70)25-22-44-11-3-5-18-59(44)70/h3,5,9,11,13,17-18,21-23,25-26,28,30-31,35,37,45,47,49-52,56,60,66-67,72-74H,4,6-8,12,14-15,19-20,24,27,29,32-34,36,38-41H2,1-2H3. The van der Waals surface area contributed by atoms with E-state index in [4.69, 9.17) is 23.4 Å². The van der Waals surface area contributed by atoms with Crippen LogP contribution in [-0.4, -0.2) is 65.9 Å². The van der Waals surface area contributed by atoms with Crippen LogP contribution in [0.25, 0.3) is 17.0 Å². The minimum Gasteiger partial charge on any atom is -0.481 e. The number of aryl methyl sites for hydroxylation is 1. The maximum absolute atomic E-state index is 15.9. The highest BCUT2D eigenvalue weighted by Gasteiger charge is 2.65. The number of aliphatic hydroxyl groups excluding tert-OH is 3. The first-order valence-corrected chi connectivity index (χ1v) is 30.5. The lowest BCUT2D eigenvalue weighted by Crippen LogP contribution is -2.66. The highest BCUT2D eigenvalue weighted by Crippen LogP contribution is 2.59. The Kier molecular flexibility index (Phi) is 15.0. The van der Waals surface area contributed by atoms with Crippen molar-refractivity contribution in [1.82, 2.24) is 0 Å². The van der Waals surface area contributed by atoms with E-state index in [1.807, 2.05) is 0 Å². The molecule has 3 aliphatic heterocycles. The van der Waals surface area contributed by atoms with Crippen molar-refractivity contribution in [3.63, 3.8) is 0 Å². The van der Waals surface area contributed by atoms with Crippen LogP contribution in [0.4, 0.5) is 0 Å². The number of carbonyl (C=O) groups excluding carboxylic acids is 2. The van der Waals surface area contributed by atoms with Crippen molar-refractivity contribution in [2.75, 3.05) is 26.9 Å². The van der Waals surface area contributed by atoms with Gasteiger partial charge in [-0.25, -0.2) is 9.59 Å². The van der Waals surface area contributed by atoms with Crippen molar-refractivity contribution < 1.29 is 48.3 Å². The van der Waals surface area contributed by atoms with E-state index in [-0.39, 0.29) is 90.8 Å². The van der Waals surface area contributed by atoms with Crippen LogP contribution in [0, 0.1) is 41.4 Å². The fourth-order valence-corrected chi connectivity index (χ4v) is 17.0. The quantitative estimate of drug-likeness (QED) is 0.0423. The van der Waals surface area contributed by atoms with E-state index in [9.17, 15) is 20.1 Å². The number of allylic oxidation sites excluding steroid dienone is 2. The zero-order valence-corrected chi connectivity index (χ0v) is 47.3. The van der Waals surface area contributed by atoms with Gasteiger partial charge >= 0.3 is 17.6 Å². The first-order chi connectivity index (χ1) is 40.1. The molecule has 11 heteroatoms. The Hall–Kier alpha value is -6.55. The van der Waals surface area contributed by atoms with Crippen molar-refractivity contribution in [3.8, 4) is 17.6 Å². The molecule has 5 aromatic rings. The second kappa shape index (κ2) is 22.6. The summed E-state index contributed by atoms with van der Waals surface area (Å²) in [7, 11) is 1.52. The molecule has 426 valence electrons. The number of rotatable bonds is 9. The summed E-state index contributed by atoms with van der Waals surface area (Å²) in [5, 5.41) is 32.6. The van der Waals surface area contributed by atoms with Crippen LogP contribution in [-0.2, 0) is 48.7 Å². The third kappa shape index (κ3) is 9.22. The van der Waals surface area contributed by atoms with Crippen LogP contribution in [0.3, 0.4) is 0 Å². The summed E-state index contributed by atoms with van der Waals surface area (Å²) in [5.41, 5.74) is 8.01. The molecule has 4 heterocycles. The van der Waals surface area contributed by atoms with Gasteiger partial charge in [0.05, 0.1) is 31.3 Å². The molecule has 1 aromatic heterocycles. The van der Waals surface area contributed by atoms with Crippen LogP contribution in [0.2, 0.25) is 0 Å². The second-order valence-corrected chi connectivity index (χ2v) is 25.0. The molecular weight excluding hydrogens is 1030 g/mol. The molecule has 1 spiro atoms. The molecule has 11 nitrogen and oxygen atoms in total. The predicted octanol–water partition coefficient (Wildman–Crippen LogP) is 12.1. The third-order valence-corrected chi connectivity index (χ3v) is 20.9. The van der Waals surface area contributed by atoms with Gasteiger partial charge in [-0.2, -0.15) is 0 Å². The molecular formula is C71H76O11. The molecule has 13 rings (SSSR count). The fourth-order valence-electron chi connectivity index (χ4n) is 17.0. The van der Waals surface area contributed by atoms with Gasteiger partial charge in [0, 0.05) is 60.3 Å². The Morgan fingerprint density at radius 2 is 1.73 bits per heavy atom. The molecule has 5 aliphatic carbocycles. The number of hydrogen-bond acceptors (Lipinski definition) is 11.